The summed E-state index contributed by atoms with van der Waals surface area (Å²) in [5.41, 5.74) is 0.928. The summed E-state index contributed by atoms with van der Waals surface area (Å²) in [5, 5.41) is 4.92. The van der Waals surface area contributed by atoms with E-state index in [0.29, 0.717) is 11.1 Å². The molecule has 1 fully saturated rings. The lowest BCUT2D eigenvalue weighted by molar-refractivity contribution is 0.355. The van der Waals surface area contributed by atoms with Gasteiger partial charge in [-0.15, -0.1) is 0 Å². The molecule has 0 aromatic carbocycles. The van der Waals surface area contributed by atoms with Gasteiger partial charge in [-0.1, -0.05) is 25.8 Å². The predicted octanol–water partition coefficient (Wildman–Crippen LogP) is 2.69. The third-order valence-corrected chi connectivity index (χ3v) is 4.79. The smallest absolute Gasteiger partial charge is 0.226 e. The number of nitrogens with zero attached hydrogens (tertiary/aromatic N) is 1. The number of pyridine rings is 1. The van der Waals surface area contributed by atoms with E-state index in [-0.39, 0.29) is 5.03 Å². The molecule has 1 atom stereocenters. The lowest BCUT2D eigenvalue weighted by atomic mass is 9.89. The van der Waals surface area contributed by atoms with E-state index in [1.165, 1.54) is 25.3 Å². The molecule has 21 heavy (non-hydrogen) atoms. The Morgan fingerprint density at radius 3 is 2.81 bits per heavy atom. The summed E-state index contributed by atoms with van der Waals surface area (Å²) in [6.45, 7) is 4.64. The normalized spacial score (nSPS) is 20.8. The summed E-state index contributed by atoms with van der Waals surface area (Å²) >= 11 is 0. The second-order valence-corrected chi connectivity index (χ2v) is 8.03. The molecule has 0 amide bonds. The molecule has 2 rings (SSSR count). The van der Waals surface area contributed by atoms with Gasteiger partial charge in [0, 0.05) is 6.42 Å². The lowest BCUT2D eigenvalue weighted by Crippen LogP contribution is -2.14. The average molecular weight is 306 g/mol. The fraction of sp³-hybridized carbons (Fsp3) is 0.562. The van der Waals surface area contributed by atoms with E-state index in [0.717, 1.165) is 18.8 Å². The second kappa shape index (κ2) is 6.17. The Morgan fingerprint density at radius 2 is 2.19 bits per heavy atom. The highest BCUT2D eigenvalue weighted by molar-refractivity contribution is 7.89. The number of aromatic nitrogens is 1. The minimum absolute atomic E-state index is 0.133. The Balaban J connectivity index is 1.92. The van der Waals surface area contributed by atoms with Crippen LogP contribution in [0.4, 0.5) is 0 Å². The Labute approximate surface area is 127 Å². The maximum Gasteiger partial charge on any atom is 0.255 e. The molecule has 0 aliphatic heterocycles. The highest BCUT2D eigenvalue weighted by Gasteiger charge is 2.30. The molecule has 114 valence electrons. The first-order valence-corrected chi connectivity index (χ1v) is 8.80. The molecule has 0 spiro atoms. The molecule has 1 aliphatic rings. The van der Waals surface area contributed by atoms with Crippen molar-refractivity contribution in [2.75, 3.05) is 0 Å². The Morgan fingerprint density at radius 1 is 1.43 bits per heavy atom. The molecule has 2 N–H and O–H groups in total. The average Bonchev–Trinajstić information content (AvgIpc) is 2.74. The molecule has 5 heteroatoms. The van der Waals surface area contributed by atoms with Crippen LogP contribution < -0.4 is 5.14 Å². The monoisotopic (exact) mass is 306 g/mol. The number of rotatable bonds is 3. The fourth-order valence-corrected chi connectivity index (χ4v) is 3.39. The first kappa shape index (κ1) is 16.0. The molecule has 0 bridgehead atoms. The van der Waals surface area contributed by atoms with Gasteiger partial charge in [0.25, 0.3) is 10.0 Å². The van der Waals surface area contributed by atoms with E-state index in [1.807, 2.05) is 0 Å². The van der Waals surface area contributed by atoms with Crippen LogP contribution in [0.3, 0.4) is 0 Å². The number of primary sulfonamides is 1. The topological polar surface area (TPSA) is 73.1 Å². The first-order chi connectivity index (χ1) is 9.76. The van der Waals surface area contributed by atoms with E-state index in [4.69, 9.17) is 5.14 Å². The van der Waals surface area contributed by atoms with Gasteiger partial charge in [-0.2, -0.15) is 0 Å². The minimum atomic E-state index is -3.76. The predicted molar refractivity (Wildman–Crippen MR) is 82.8 cm³/mol. The molecule has 1 unspecified atom stereocenters. The standard InChI is InChI=1S/C16H22N2O2S/c1-16(2)11-10-13(12-16)6-3-4-7-14-8-5-9-15(18-14)21(17,19)20/h5,8-9,13H,3,6,10-12H2,1-2H3,(H2,17,19,20). The van der Waals surface area contributed by atoms with Crippen LogP contribution in [0, 0.1) is 23.2 Å². The van der Waals surface area contributed by atoms with Crippen LogP contribution in [0.15, 0.2) is 23.2 Å². The molecule has 1 aromatic rings. The zero-order chi connectivity index (χ0) is 15.5. The van der Waals surface area contributed by atoms with Gasteiger partial charge in [-0.25, -0.2) is 18.5 Å². The fourth-order valence-electron chi connectivity index (χ4n) is 2.90. The molecule has 1 aliphatic carbocycles. The molecule has 0 saturated heterocycles. The second-order valence-electron chi connectivity index (χ2n) is 6.52. The summed E-state index contributed by atoms with van der Waals surface area (Å²) in [6.07, 6.45) is 5.78. The van der Waals surface area contributed by atoms with Crippen molar-refractivity contribution in [1.82, 2.24) is 4.98 Å². The van der Waals surface area contributed by atoms with Gasteiger partial charge in [0.05, 0.1) is 0 Å². The van der Waals surface area contributed by atoms with E-state index in [1.54, 1.807) is 12.1 Å². The van der Waals surface area contributed by atoms with Crippen LogP contribution in [0.1, 0.15) is 51.6 Å². The zero-order valence-electron chi connectivity index (χ0n) is 12.6. The number of sulfonamides is 1. The molecule has 1 heterocycles. The summed E-state index contributed by atoms with van der Waals surface area (Å²) in [5.74, 6) is 6.77. The van der Waals surface area contributed by atoms with Crippen molar-refractivity contribution in [3.8, 4) is 11.8 Å². The minimum Gasteiger partial charge on any atom is -0.226 e. The zero-order valence-corrected chi connectivity index (χ0v) is 13.4. The number of hydrogen-bond donors (Lipinski definition) is 1. The molecule has 0 radical (unpaired) electrons. The molecular weight excluding hydrogens is 284 g/mol. The van der Waals surface area contributed by atoms with E-state index in [2.05, 4.69) is 30.7 Å². The van der Waals surface area contributed by atoms with Gasteiger partial charge in [0.2, 0.25) is 0 Å². The van der Waals surface area contributed by atoms with Crippen LogP contribution in [0.2, 0.25) is 0 Å². The van der Waals surface area contributed by atoms with Crippen molar-refractivity contribution >= 4 is 10.0 Å². The van der Waals surface area contributed by atoms with Crippen LogP contribution in [-0.2, 0) is 10.0 Å². The largest absolute Gasteiger partial charge is 0.255 e. The van der Waals surface area contributed by atoms with Crippen LogP contribution in [0.25, 0.3) is 0 Å². The summed E-state index contributed by atoms with van der Waals surface area (Å²) in [7, 11) is -3.76. The highest BCUT2D eigenvalue weighted by atomic mass is 32.2. The van der Waals surface area contributed by atoms with Crippen molar-refractivity contribution in [2.45, 2.75) is 51.0 Å². The van der Waals surface area contributed by atoms with Gasteiger partial charge < -0.3 is 0 Å². The summed E-state index contributed by atoms with van der Waals surface area (Å²) in [6, 6.07) is 4.68. The van der Waals surface area contributed by atoms with Gasteiger partial charge in [0.15, 0.2) is 5.03 Å². The van der Waals surface area contributed by atoms with Crippen molar-refractivity contribution in [1.29, 1.82) is 0 Å². The van der Waals surface area contributed by atoms with E-state index in [9.17, 15) is 8.42 Å². The number of hydrogen-bond acceptors (Lipinski definition) is 3. The van der Waals surface area contributed by atoms with Gasteiger partial charge >= 0.3 is 0 Å². The molecule has 1 aromatic heterocycles. The van der Waals surface area contributed by atoms with Crippen molar-refractivity contribution < 1.29 is 8.42 Å². The van der Waals surface area contributed by atoms with Crippen molar-refractivity contribution in [2.24, 2.45) is 16.5 Å². The Kier molecular flexibility index (Phi) is 4.70. The van der Waals surface area contributed by atoms with Gasteiger partial charge in [-0.3, -0.25) is 0 Å². The van der Waals surface area contributed by atoms with Crippen LogP contribution >= 0.6 is 0 Å². The maximum atomic E-state index is 11.2. The highest BCUT2D eigenvalue weighted by Crippen LogP contribution is 2.42. The first-order valence-electron chi connectivity index (χ1n) is 7.25. The molecular formula is C16H22N2O2S. The van der Waals surface area contributed by atoms with Crippen molar-refractivity contribution in [3.05, 3.63) is 23.9 Å². The summed E-state index contributed by atoms with van der Waals surface area (Å²) in [4.78, 5) is 3.95. The van der Waals surface area contributed by atoms with E-state index >= 15 is 0 Å². The lowest BCUT2D eigenvalue weighted by Gasteiger charge is -2.16. The quantitative estimate of drug-likeness (QED) is 0.873. The maximum absolute atomic E-state index is 11.2. The summed E-state index contributed by atoms with van der Waals surface area (Å²) < 4.78 is 22.4. The van der Waals surface area contributed by atoms with Gasteiger partial charge in [0.1, 0.15) is 5.69 Å². The molecule has 1 saturated carbocycles. The van der Waals surface area contributed by atoms with Gasteiger partial charge in [-0.05, 0) is 55.1 Å². The number of nitrogens with two attached hydrogens (primary N) is 1. The third kappa shape index (κ3) is 4.83. The van der Waals surface area contributed by atoms with Crippen LogP contribution in [-0.4, -0.2) is 13.4 Å². The Bertz CT molecular complexity index is 669. The van der Waals surface area contributed by atoms with E-state index < -0.39 is 10.0 Å². The molecule has 4 nitrogen and oxygen atoms in total. The van der Waals surface area contributed by atoms with Crippen molar-refractivity contribution in [3.63, 3.8) is 0 Å². The SMILES string of the molecule is CC1(C)CCC(CCC#Cc2cccc(S(N)(=O)=O)n2)C1. The van der Waals surface area contributed by atoms with Crippen LogP contribution in [0.5, 0.6) is 0 Å². The third-order valence-electron chi connectivity index (χ3n) is 3.98. The Hall–Kier alpha value is -1.38.